The Morgan fingerprint density at radius 1 is 0.907 bits per heavy atom. The summed E-state index contributed by atoms with van der Waals surface area (Å²) in [5.41, 5.74) is -0.339. The molecule has 0 unspecified atom stereocenters. The molecule has 0 saturated carbocycles. The van der Waals surface area contributed by atoms with Crippen molar-refractivity contribution >= 4 is 11.9 Å². The van der Waals surface area contributed by atoms with Crippen LogP contribution in [0.2, 0.25) is 0 Å². The van der Waals surface area contributed by atoms with Crippen molar-refractivity contribution in [3.8, 4) is 45.6 Å². The Morgan fingerprint density at radius 2 is 1.51 bits per heavy atom. The van der Waals surface area contributed by atoms with Crippen molar-refractivity contribution in [3.05, 3.63) is 46.6 Å². The van der Waals surface area contributed by atoms with Crippen LogP contribution in [0.1, 0.15) is 64.9 Å². The van der Waals surface area contributed by atoms with Crippen LogP contribution < -0.4 is 23.7 Å². The number of methoxy groups -OCH3 is 3. The molecule has 232 valence electrons. The van der Waals surface area contributed by atoms with Crippen molar-refractivity contribution in [1.82, 2.24) is 0 Å². The van der Waals surface area contributed by atoms with Crippen LogP contribution in [0.3, 0.4) is 0 Å². The highest BCUT2D eigenvalue weighted by Crippen LogP contribution is 2.61. The molecule has 0 saturated heterocycles. The Balaban J connectivity index is 2.21. The Bertz CT molecular complexity index is 1500. The Hall–Kier alpha value is -4.38. The van der Waals surface area contributed by atoms with E-state index in [9.17, 15) is 19.8 Å². The van der Waals surface area contributed by atoms with Gasteiger partial charge in [-0.25, -0.2) is 9.59 Å². The number of fused-ring (bicyclic) bond motifs is 4. The number of carbonyl (C=O) groups excluding carboxylic acids is 2. The SMILES string of the molecule is CC=C(C)C(=O)O[C@H]1c2cc3c(c(O)c2-c2c(cc(OC)c(OC)c2OC)[C@H](OC(=O)C(C)=CC)[C@@](C)(O)[C@H]1C)OCO3. The lowest BCUT2D eigenvalue weighted by atomic mass is 9.71. The van der Waals surface area contributed by atoms with Gasteiger partial charge in [0.25, 0.3) is 0 Å². The summed E-state index contributed by atoms with van der Waals surface area (Å²) < 4.78 is 40.5. The van der Waals surface area contributed by atoms with Gasteiger partial charge in [0.05, 0.1) is 21.3 Å². The quantitative estimate of drug-likeness (QED) is 0.316. The van der Waals surface area contributed by atoms with Gasteiger partial charge in [-0.05, 0) is 46.8 Å². The number of hydrogen-bond acceptors (Lipinski definition) is 11. The summed E-state index contributed by atoms with van der Waals surface area (Å²) in [6, 6.07) is 3.16. The monoisotopic (exact) mass is 598 g/mol. The van der Waals surface area contributed by atoms with E-state index in [0.29, 0.717) is 16.7 Å². The van der Waals surface area contributed by atoms with Crippen LogP contribution >= 0.6 is 0 Å². The molecule has 1 aliphatic carbocycles. The van der Waals surface area contributed by atoms with Crippen LogP contribution in [0, 0.1) is 5.92 Å². The number of phenolic OH excluding ortho intramolecular Hbond substituents is 1. The third-order valence-electron chi connectivity index (χ3n) is 8.24. The molecule has 4 atom stereocenters. The first-order valence-corrected chi connectivity index (χ1v) is 13.8. The first kappa shape index (κ1) is 31.6. The minimum absolute atomic E-state index is 0.0644. The third kappa shape index (κ3) is 5.22. The molecule has 11 heteroatoms. The van der Waals surface area contributed by atoms with Gasteiger partial charge in [0.15, 0.2) is 29.1 Å². The second-order valence-corrected chi connectivity index (χ2v) is 10.6. The van der Waals surface area contributed by atoms with Crippen molar-refractivity contribution in [2.75, 3.05) is 28.1 Å². The van der Waals surface area contributed by atoms with Gasteiger partial charge in [-0.3, -0.25) is 0 Å². The summed E-state index contributed by atoms with van der Waals surface area (Å²) in [6.45, 7) is 9.59. The molecule has 2 aromatic rings. The second kappa shape index (κ2) is 12.1. The predicted octanol–water partition coefficient (Wildman–Crippen LogP) is 5.32. The molecular formula is C32H38O11. The topological polar surface area (TPSA) is 139 Å². The zero-order valence-electron chi connectivity index (χ0n) is 25.8. The van der Waals surface area contributed by atoms with E-state index < -0.39 is 35.7 Å². The third-order valence-corrected chi connectivity index (χ3v) is 8.24. The van der Waals surface area contributed by atoms with Crippen molar-refractivity contribution in [2.45, 2.75) is 59.4 Å². The normalized spacial score (nSPS) is 22.9. The summed E-state index contributed by atoms with van der Waals surface area (Å²) in [5, 5.41) is 24.1. The number of phenols is 1. The van der Waals surface area contributed by atoms with E-state index in [1.54, 1.807) is 58.9 Å². The van der Waals surface area contributed by atoms with E-state index in [1.807, 2.05) is 0 Å². The molecular weight excluding hydrogens is 560 g/mol. The van der Waals surface area contributed by atoms with E-state index in [0.717, 1.165) is 0 Å². The first-order valence-electron chi connectivity index (χ1n) is 13.8. The Kier molecular flexibility index (Phi) is 8.87. The average molecular weight is 599 g/mol. The van der Waals surface area contributed by atoms with Gasteiger partial charge in [0.1, 0.15) is 11.7 Å². The van der Waals surface area contributed by atoms with Gasteiger partial charge in [-0.2, -0.15) is 0 Å². The van der Waals surface area contributed by atoms with Crippen LogP contribution in [-0.2, 0) is 19.1 Å². The largest absolute Gasteiger partial charge is 0.504 e. The first-order chi connectivity index (χ1) is 20.4. The van der Waals surface area contributed by atoms with Crippen LogP contribution in [0.25, 0.3) is 11.1 Å². The lowest BCUT2D eigenvalue weighted by molar-refractivity contribution is -0.181. The van der Waals surface area contributed by atoms with Gasteiger partial charge in [-0.15, -0.1) is 0 Å². The number of aromatic hydroxyl groups is 1. The molecule has 0 radical (unpaired) electrons. The fourth-order valence-electron chi connectivity index (χ4n) is 5.29. The highest BCUT2D eigenvalue weighted by atomic mass is 16.7. The smallest absolute Gasteiger partial charge is 0.334 e. The fourth-order valence-corrected chi connectivity index (χ4v) is 5.29. The Morgan fingerprint density at radius 3 is 2.07 bits per heavy atom. The predicted molar refractivity (Wildman–Crippen MR) is 156 cm³/mol. The Labute approximate surface area is 250 Å². The molecule has 4 rings (SSSR count). The summed E-state index contributed by atoms with van der Waals surface area (Å²) >= 11 is 0. The standard InChI is InChI=1S/C32H38O11/c1-10-15(3)30(34)42-25-17(5)32(6,36)29(43-31(35)16(4)11-2)19-13-20(37-7)27(38-8)28(39-9)23(19)22-18(25)12-21-26(24(22)33)41-14-40-21/h10-13,17,25,29,33,36H,14H2,1-9H3/t17-,25+,29-,32-/m0/s1. The summed E-state index contributed by atoms with van der Waals surface area (Å²) in [7, 11) is 4.26. The van der Waals surface area contributed by atoms with E-state index in [1.165, 1.54) is 28.3 Å². The molecule has 0 spiro atoms. The van der Waals surface area contributed by atoms with Crippen LogP contribution in [0.4, 0.5) is 0 Å². The molecule has 0 fully saturated rings. The number of rotatable bonds is 7. The maximum atomic E-state index is 13.3. The molecule has 1 heterocycles. The van der Waals surface area contributed by atoms with E-state index in [4.69, 9.17) is 33.2 Å². The molecule has 0 bridgehead atoms. The molecule has 2 aliphatic rings. The van der Waals surface area contributed by atoms with E-state index in [2.05, 4.69) is 0 Å². The molecule has 0 amide bonds. The van der Waals surface area contributed by atoms with Crippen molar-refractivity contribution < 1.29 is 53.0 Å². The molecule has 11 nitrogen and oxygen atoms in total. The van der Waals surface area contributed by atoms with Crippen LogP contribution in [0.5, 0.6) is 34.5 Å². The minimum Gasteiger partial charge on any atom is -0.504 e. The number of carbonyl (C=O) groups is 2. The van der Waals surface area contributed by atoms with Gasteiger partial charge in [-0.1, -0.05) is 19.1 Å². The lowest BCUT2D eigenvalue weighted by Gasteiger charge is -2.43. The lowest BCUT2D eigenvalue weighted by Crippen LogP contribution is -2.46. The fraction of sp³-hybridized carbons (Fsp3) is 0.438. The van der Waals surface area contributed by atoms with Gasteiger partial charge in [0, 0.05) is 39.3 Å². The zero-order valence-corrected chi connectivity index (χ0v) is 25.8. The number of esters is 2. The number of hydrogen-bond donors (Lipinski definition) is 2. The number of benzene rings is 2. The van der Waals surface area contributed by atoms with Crippen LogP contribution in [-0.4, -0.2) is 55.9 Å². The molecule has 0 aromatic heterocycles. The zero-order chi connectivity index (χ0) is 31.8. The van der Waals surface area contributed by atoms with Gasteiger partial charge < -0.3 is 43.4 Å². The van der Waals surface area contributed by atoms with Crippen molar-refractivity contribution in [2.24, 2.45) is 5.92 Å². The minimum atomic E-state index is -1.87. The van der Waals surface area contributed by atoms with Gasteiger partial charge in [0.2, 0.25) is 18.3 Å². The van der Waals surface area contributed by atoms with Crippen molar-refractivity contribution in [3.63, 3.8) is 0 Å². The number of ether oxygens (including phenoxy) is 7. The summed E-state index contributed by atoms with van der Waals surface area (Å²) in [4.78, 5) is 26.5. The molecule has 2 aromatic carbocycles. The molecule has 43 heavy (non-hydrogen) atoms. The summed E-state index contributed by atoms with van der Waals surface area (Å²) in [6.07, 6.45) is 0.635. The van der Waals surface area contributed by atoms with E-state index >= 15 is 0 Å². The molecule has 2 N–H and O–H groups in total. The van der Waals surface area contributed by atoms with Crippen LogP contribution in [0.15, 0.2) is 35.4 Å². The maximum absolute atomic E-state index is 13.3. The average Bonchev–Trinajstić information content (AvgIpc) is 3.48. The van der Waals surface area contributed by atoms with Gasteiger partial charge >= 0.3 is 11.9 Å². The number of allylic oxidation sites excluding steroid dienone is 2. The van der Waals surface area contributed by atoms with E-state index in [-0.39, 0.29) is 58.0 Å². The van der Waals surface area contributed by atoms with Crippen molar-refractivity contribution in [1.29, 1.82) is 0 Å². The summed E-state index contributed by atoms with van der Waals surface area (Å²) in [5.74, 6) is -1.79. The maximum Gasteiger partial charge on any atom is 0.334 e. The second-order valence-electron chi connectivity index (χ2n) is 10.6. The highest BCUT2D eigenvalue weighted by molar-refractivity contribution is 5.92. The number of aliphatic hydroxyl groups is 1. The molecule has 1 aliphatic heterocycles. The highest BCUT2D eigenvalue weighted by Gasteiger charge is 2.51.